The highest BCUT2D eigenvalue weighted by Gasteiger charge is 2.20. The van der Waals surface area contributed by atoms with Crippen LogP contribution in [0.25, 0.3) is 0 Å². The lowest BCUT2D eigenvalue weighted by molar-refractivity contribution is 0.0697. The molecule has 1 aliphatic rings. The summed E-state index contributed by atoms with van der Waals surface area (Å²) in [5.74, 6) is -0.0749. The lowest BCUT2D eigenvalue weighted by Gasteiger charge is -2.27. The predicted molar refractivity (Wildman–Crippen MR) is 129 cm³/mol. The Morgan fingerprint density at radius 2 is 1.91 bits per heavy atom. The molecule has 0 spiro atoms. The van der Waals surface area contributed by atoms with Gasteiger partial charge in [0.2, 0.25) is 0 Å². The molecule has 172 valence electrons. The molecular formula is C27H28ClNO4. The number of rotatable bonds is 9. The second-order valence-corrected chi connectivity index (χ2v) is 8.89. The van der Waals surface area contributed by atoms with Gasteiger partial charge in [-0.05, 0) is 77.9 Å². The molecule has 0 saturated heterocycles. The highest BCUT2D eigenvalue weighted by atomic mass is 35.5. The summed E-state index contributed by atoms with van der Waals surface area (Å²) in [6.07, 6.45) is 3.04. The fourth-order valence-electron chi connectivity index (χ4n) is 4.21. The van der Waals surface area contributed by atoms with Crippen molar-refractivity contribution in [1.29, 1.82) is 0 Å². The van der Waals surface area contributed by atoms with Crippen LogP contribution in [0.5, 0.6) is 5.75 Å². The molecule has 4 rings (SSSR count). The number of hydrogen-bond donors (Lipinski definition) is 3. The van der Waals surface area contributed by atoms with Gasteiger partial charge < -0.3 is 20.3 Å². The van der Waals surface area contributed by atoms with Gasteiger partial charge in [0.05, 0.1) is 18.3 Å². The third-order valence-electron chi connectivity index (χ3n) is 6.10. The van der Waals surface area contributed by atoms with Gasteiger partial charge in [0.25, 0.3) is 0 Å². The van der Waals surface area contributed by atoms with Gasteiger partial charge in [-0.2, -0.15) is 0 Å². The summed E-state index contributed by atoms with van der Waals surface area (Å²) in [5.41, 5.74) is 4.77. The first-order chi connectivity index (χ1) is 16.0. The van der Waals surface area contributed by atoms with Crippen molar-refractivity contribution in [3.8, 4) is 5.75 Å². The maximum atomic E-state index is 11.0. The molecule has 0 fully saturated rings. The van der Waals surface area contributed by atoms with Crippen LogP contribution in [0, 0.1) is 0 Å². The number of carbonyl (C=O) groups is 1. The van der Waals surface area contributed by atoms with Crippen molar-refractivity contribution < 1.29 is 19.7 Å². The van der Waals surface area contributed by atoms with Crippen molar-refractivity contribution in [2.75, 3.05) is 13.2 Å². The third kappa shape index (κ3) is 6.35. The van der Waals surface area contributed by atoms with Crippen LogP contribution in [0.3, 0.4) is 0 Å². The molecule has 6 heteroatoms. The summed E-state index contributed by atoms with van der Waals surface area (Å²) in [7, 11) is 0. The van der Waals surface area contributed by atoms with E-state index in [1.54, 1.807) is 24.3 Å². The van der Waals surface area contributed by atoms with Crippen LogP contribution in [0.15, 0.2) is 66.7 Å². The van der Waals surface area contributed by atoms with Gasteiger partial charge in [-0.15, -0.1) is 0 Å². The Morgan fingerprint density at radius 3 is 2.67 bits per heavy atom. The molecule has 1 aliphatic carbocycles. The quantitative estimate of drug-likeness (QED) is 0.421. The van der Waals surface area contributed by atoms with Gasteiger partial charge >= 0.3 is 5.97 Å². The van der Waals surface area contributed by atoms with Crippen LogP contribution in [0.2, 0.25) is 5.02 Å². The van der Waals surface area contributed by atoms with Crippen LogP contribution < -0.4 is 10.1 Å². The number of carboxylic acids is 1. The zero-order valence-corrected chi connectivity index (χ0v) is 19.1. The monoisotopic (exact) mass is 465 g/mol. The molecule has 0 saturated carbocycles. The number of benzene rings is 3. The van der Waals surface area contributed by atoms with E-state index in [-0.39, 0.29) is 5.56 Å². The number of halogens is 1. The Kier molecular flexibility index (Phi) is 7.65. The number of hydrogen-bond acceptors (Lipinski definition) is 4. The molecule has 0 heterocycles. The minimum atomic E-state index is -0.918. The summed E-state index contributed by atoms with van der Waals surface area (Å²) in [4.78, 5) is 11.0. The lowest BCUT2D eigenvalue weighted by Crippen LogP contribution is -2.37. The van der Waals surface area contributed by atoms with Crippen molar-refractivity contribution in [2.45, 2.75) is 37.8 Å². The first kappa shape index (κ1) is 23.3. The maximum Gasteiger partial charge on any atom is 0.335 e. The molecule has 33 heavy (non-hydrogen) atoms. The number of fused-ring (bicyclic) bond motifs is 1. The van der Waals surface area contributed by atoms with Crippen LogP contribution in [-0.4, -0.2) is 35.4 Å². The second kappa shape index (κ2) is 10.8. The number of aliphatic hydroxyl groups excluding tert-OH is 1. The van der Waals surface area contributed by atoms with E-state index < -0.39 is 12.1 Å². The van der Waals surface area contributed by atoms with E-state index >= 15 is 0 Å². The largest absolute Gasteiger partial charge is 0.493 e. The van der Waals surface area contributed by atoms with E-state index in [1.165, 1.54) is 11.1 Å². The van der Waals surface area contributed by atoms with Crippen molar-refractivity contribution in [3.63, 3.8) is 0 Å². The lowest BCUT2D eigenvalue weighted by atomic mass is 9.88. The van der Waals surface area contributed by atoms with Gasteiger partial charge in [-0.25, -0.2) is 4.79 Å². The first-order valence-corrected chi connectivity index (χ1v) is 11.6. The van der Waals surface area contributed by atoms with Crippen LogP contribution in [0.1, 0.15) is 45.1 Å². The van der Waals surface area contributed by atoms with E-state index in [0.29, 0.717) is 30.6 Å². The molecule has 0 unspecified atom stereocenters. The zero-order valence-electron chi connectivity index (χ0n) is 18.3. The number of aryl methyl sites for hydroxylation is 1. The topological polar surface area (TPSA) is 78.8 Å². The molecule has 5 nitrogen and oxygen atoms in total. The Morgan fingerprint density at radius 1 is 1.09 bits per heavy atom. The second-order valence-electron chi connectivity index (χ2n) is 8.45. The number of aromatic carboxylic acids is 1. The number of ether oxygens (including phenoxy) is 1. The van der Waals surface area contributed by atoms with Gasteiger partial charge in [-0.3, -0.25) is 0 Å². The summed E-state index contributed by atoms with van der Waals surface area (Å²) in [6, 6.07) is 20.8. The van der Waals surface area contributed by atoms with Crippen molar-refractivity contribution >= 4 is 17.6 Å². The highest BCUT2D eigenvalue weighted by Crippen LogP contribution is 2.26. The molecule has 0 aromatic heterocycles. The Bertz CT molecular complexity index is 1100. The number of nitrogens with one attached hydrogen (secondary N) is 1. The van der Waals surface area contributed by atoms with Gasteiger partial charge in [0, 0.05) is 24.0 Å². The molecule has 0 bridgehead atoms. The Labute approximate surface area is 199 Å². The third-order valence-corrected chi connectivity index (χ3v) is 6.33. The molecular weight excluding hydrogens is 438 g/mol. The van der Waals surface area contributed by atoms with Crippen molar-refractivity contribution in [2.24, 2.45) is 0 Å². The van der Waals surface area contributed by atoms with E-state index in [9.17, 15) is 9.90 Å². The first-order valence-electron chi connectivity index (χ1n) is 11.2. The fourth-order valence-corrected chi connectivity index (χ4v) is 4.41. The minimum absolute atomic E-state index is 0.289. The van der Waals surface area contributed by atoms with Crippen LogP contribution >= 0.6 is 11.6 Å². The highest BCUT2D eigenvalue weighted by molar-refractivity contribution is 6.30. The minimum Gasteiger partial charge on any atom is -0.493 e. The van der Waals surface area contributed by atoms with E-state index in [0.717, 1.165) is 36.1 Å². The Balaban J connectivity index is 1.28. The van der Waals surface area contributed by atoms with E-state index in [4.69, 9.17) is 21.4 Å². The average Bonchev–Trinajstić information content (AvgIpc) is 2.82. The summed E-state index contributed by atoms with van der Waals surface area (Å²) >= 11 is 6.03. The summed E-state index contributed by atoms with van der Waals surface area (Å²) < 4.78 is 5.97. The number of carboxylic acid groups (broad SMARTS) is 1. The summed E-state index contributed by atoms with van der Waals surface area (Å²) in [6.45, 7) is 1.01. The molecule has 0 amide bonds. The van der Waals surface area contributed by atoms with Gasteiger partial charge in [-0.1, -0.05) is 41.9 Å². The van der Waals surface area contributed by atoms with Crippen molar-refractivity contribution in [3.05, 3.63) is 99.6 Å². The van der Waals surface area contributed by atoms with Crippen LogP contribution in [0.4, 0.5) is 0 Å². The number of aliphatic hydroxyl groups is 1. The Hall–Kier alpha value is -2.86. The molecule has 0 radical (unpaired) electrons. The zero-order chi connectivity index (χ0) is 23.2. The average molecular weight is 466 g/mol. The normalized spacial score (nSPS) is 16.1. The smallest absolute Gasteiger partial charge is 0.335 e. The van der Waals surface area contributed by atoms with Gasteiger partial charge in [0.15, 0.2) is 0 Å². The predicted octanol–water partition coefficient (Wildman–Crippen LogP) is 4.84. The van der Waals surface area contributed by atoms with Gasteiger partial charge in [0.1, 0.15) is 5.75 Å². The fraction of sp³-hybridized carbons (Fsp3) is 0.296. The molecule has 3 aromatic carbocycles. The molecule has 2 atom stereocenters. The van der Waals surface area contributed by atoms with E-state index in [2.05, 4.69) is 17.4 Å². The molecule has 0 aliphatic heterocycles. The molecule has 3 aromatic rings. The van der Waals surface area contributed by atoms with E-state index in [1.807, 2.05) is 30.3 Å². The standard InChI is InChI=1S/C27H28ClNO4/c28-23-3-1-2-21(14-23)26(30)17-29-24-10-8-19-9-11-25(16-22(19)15-24)33-13-12-18-4-6-20(7-5-18)27(31)32/h1-7,9,11,14,16,24,26,29-30H,8,10,12-13,15,17H2,(H,31,32)/t24-,26+/m0/s1. The van der Waals surface area contributed by atoms with Crippen LogP contribution in [-0.2, 0) is 19.3 Å². The SMILES string of the molecule is O=C(O)c1ccc(CCOc2ccc3c(c2)C[C@@H](NC[C@@H](O)c2cccc(Cl)c2)CC3)cc1. The van der Waals surface area contributed by atoms with Crippen molar-refractivity contribution in [1.82, 2.24) is 5.32 Å². The molecule has 3 N–H and O–H groups in total. The summed E-state index contributed by atoms with van der Waals surface area (Å²) in [5, 5.41) is 23.6. The maximum absolute atomic E-state index is 11.0.